The fraction of sp³-hybridized carbons (Fsp3) is 0.222. The highest BCUT2D eigenvalue weighted by molar-refractivity contribution is 5.92. The summed E-state index contributed by atoms with van der Waals surface area (Å²) in [5, 5.41) is 2.91. The van der Waals surface area contributed by atoms with Crippen LogP contribution in [-0.2, 0) is 0 Å². The van der Waals surface area contributed by atoms with E-state index in [2.05, 4.69) is 15.3 Å². The molecule has 3 aromatic rings. The molecule has 7 heteroatoms. The van der Waals surface area contributed by atoms with Gasteiger partial charge in [-0.3, -0.25) is 0 Å². The van der Waals surface area contributed by atoms with Crippen molar-refractivity contribution in [2.45, 2.75) is 0 Å². The number of halogens is 1. The lowest BCUT2D eigenvalue weighted by atomic mass is 10.2. The van der Waals surface area contributed by atoms with Crippen molar-refractivity contribution < 1.29 is 9.18 Å². The average molecular weight is 339 g/mol. The molecular formula is C18H18FN5O. The van der Waals surface area contributed by atoms with E-state index in [1.165, 1.54) is 6.07 Å². The summed E-state index contributed by atoms with van der Waals surface area (Å²) in [5.41, 5.74) is 3.05. The van der Waals surface area contributed by atoms with Gasteiger partial charge in [0.25, 0.3) is 0 Å². The highest BCUT2D eigenvalue weighted by Crippen LogP contribution is 2.21. The molecule has 128 valence electrons. The fourth-order valence-electron chi connectivity index (χ4n) is 3.07. The Balaban J connectivity index is 1.38. The lowest BCUT2D eigenvalue weighted by Gasteiger charge is -2.36. The number of para-hydroxylation sites is 1. The van der Waals surface area contributed by atoms with Crippen molar-refractivity contribution in [2.75, 3.05) is 36.4 Å². The molecule has 1 aromatic heterocycles. The van der Waals surface area contributed by atoms with Crippen molar-refractivity contribution in [2.24, 2.45) is 0 Å². The van der Waals surface area contributed by atoms with E-state index < -0.39 is 0 Å². The normalized spacial score (nSPS) is 14.8. The van der Waals surface area contributed by atoms with E-state index in [1.807, 2.05) is 29.2 Å². The molecule has 0 bridgehead atoms. The molecule has 1 aliphatic heterocycles. The van der Waals surface area contributed by atoms with E-state index in [9.17, 15) is 9.18 Å². The van der Waals surface area contributed by atoms with Crippen LogP contribution in [0.2, 0.25) is 0 Å². The van der Waals surface area contributed by atoms with Crippen LogP contribution in [0.5, 0.6) is 0 Å². The number of hydrogen-bond acceptors (Lipinski definition) is 3. The molecule has 0 spiro atoms. The van der Waals surface area contributed by atoms with Crippen molar-refractivity contribution >= 4 is 28.4 Å². The maximum Gasteiger partial charge on any atom is 0.321 e. The summed E-state index contributed by atoms with van der Waals surface area (Å²) < 4.78 is 13.9. The number of carbonyl (C=O) groups excluding carboxylic acids is 1. The van der Waals surface area contributed by atoms with E-state index in [4.69, 9.17) is 0 Å². The predicted molar refractivity (Wildman–Crippen MR) is 95.3 cm³/mol. The molecule has 2 aromatic carbocycles. The smallest absolute Gasteiger partial charge is 0.321 e. The number of anilines is 2. The van der Waals surface area contributed by atoms with Gasteiger partial charge in [-0.05, 0) is 30.3 Å². The van der Waals surface area contributed by atoms with Gasteiger partial charge in [-0.15, -0.1) is 0 Å². The molecule has 1 aliphatic rings. The Hall–Kier alpha value is -3.09. The molecule has 1 saturated heterocycles. The van der Waals surface area contributed by atoms with Gasteiger partial charge in [-0.25, -0.2) is 14.2 Å². The van der Waals surface area contributed by atoms with Crippen molar-refractivity contribution in [3.05, 3.63) is 54.6 Å². The van der Waals surface area contributed by atoms with Crippen LogP contribution in [0.15, 0.2) is 48.8 Å². The highest BCUT2D eigenvalue weighted by atomic mass is 19.1. The summed E-state index contributed by atoms with van der Waals surface area (Å²) in [7, 11) is 0. The quantitative estimate of drug-likeness (QED) is 0.754. The Bertz CT molecular complexity index is 901. The Morgan fingerprint density at radius 3 is 2.72 bits per heavy atom. The largest absolute Gasteiger partial charge is 0.366 e. The van der Waals surface area contributed by atoms with Crippen LogP contribution in [-0.4, -0.2) is 47.1 Å². The molecule has 2 heterocycles. The summed E-state index contributed by atoms with van der Waals surface area (Å²) in [6.07, 6.45) is 1.62. The van der Waals surface area contributed by atoms with E-state index in [0.717, 1.165) is 16.7 Å². The van der Waals surface area contributed by atoms with Crippen molar-refractivity contribution in [1.82, 2.24) is 14.9 Å². The molecule has 4 rings (SSSR count). The minimum atomic E-state index is -0.228. The molecule has 6 nitrogen and oxygen atoms in total. The Labute approximate surface area is 144 Å². The summed E-state index contributed by atoms with van der Waals surface area (Å²) in [5.74, 6) is -0.228. The lowest BCUT2D eigenvalue weighted by Crippen LogP contribution is -2.50. The third-order valence-corrected chi connectivity index (χ3v) is 4.43. The molecule has 0 unspecified atom stereocenters. The maximum absolute atomic E-state index is 13.9. The number of aromatic amines is 1. The van der Waals surface area contributed by atoms with Crippen LogP contribution >= 0.6 is 0 Å². The number of H-pyrrole nitrogens is 1. The number of urea groups is 1. The predicted octanol–water partition coefficient (Wildman–Crippen LogP) is 3.06. The van der Waals surface area contributed by atoms with Crippen LogP contribution in [0.1, 0.15) is 0 Å². The van der Waals surface area contributed by atoms with Gasteiger partial charge in [-0.2, -0.15) is 0 Å². The topological polar surface area (TPSA) is 64.3 Å². The number of nitrogens with zero attached hydrogens (tertiary/aromatic N) is 3. The minimum Gasteiger partial charge on any atom is -0.366 e. The average Bonchev–Trinajstić information content (AvgIpc) is 3.10. The number of hydrogen-bond donors (Lipinski definition) is 2. The molecule has 0 radical (unpaired) electrons. The zero-order chi connectivity index (χ0) is 17.2. The molecular weight excluding hydrogens is 321 g/mol. The van der Waals surface area contributed by atoms with Gasteiger partial charge in [-0.1, -0.05) is 12.1 Å². The van der Waals surface area contributed by atoms with E-state index in [1.54, 1.807) is 23.4 Å². The molecule has 2 amide bonds. The van der Waals surface area contributed by atoms with Crippen molar-refractivity contribution in [1.29, 1.82) is 0 Å². The second-order valence-electron chi connectivity index (χ2n) is 5.99. The van der Waals surface area contributed by atoms with Gasteiger partial charge in [0.1, 0.15) is 5.82 Å². The van der Waals surface area contributed by atoms with Gasteiger partial charge >= 0.3 is 6.03 Å². The zero-order valence-corrected chi connectivity index (χ0v) is 13.6. The number of nitrogens with one attached hydrogen (secondary N) is 2. The first-order chi connectivity index (χ1) is 12.2. The number of benzene rings is 2. The molecule has 2 N–H and O–H groups in total. The monoisotopic (exact) mass is 339 g/mol. The van der Waals surface area contributed by atoms with Gasteiger partial charge in [0.2, 0.25) is 0 Å². The van der Waals surface area contributed by atoms with Crippen LogP contribution in [0.3, 0.4) is 0 Å². The fourth-order valence-corrected chi connectivity index (χ4v) is 3.07. The number of aromatic nitrogens is 2. The van der Waals surface area contributed by atoms with Crippen LogP contribution < -0.4 is 10.2 Å². The number of rotatable bonds is 2. The first kappa shape index (κ1) is 15.4. The van der Waals surface area contributed by atoms with Gasteiger partial charge < -0.3 is 20.1 Å². The first-order valence-corrected chi connectivity index (χ1v) is 8.19. The number of imidazole rings is 1. The second kappa shape index (κ2) is 6.43. The Morgan fingerprint density at radius 2 is 1.92 bits per heavy atom. The molecule has 0 saturated carbocycles. The summed E-state index contributed by atoms with van der Waals surface area (Å²) >= 11 is 0. The van der Waals surface area contributed by atoms with Gasteiger partial charge in [0.15, 0.2) is 0 Å². The highest BCUT2D eigenvalue weighted by Gasteiger charge is 2.22. The number of carbonyl (C=O) groups is 1. The lowest BCUT2D eigenvalue weighted by molar-refractivity contribution is 0.208. The molecule has 0 atom stereocenters. The van der Waals surface area contributed by atoms with E-state index in [0.29, 0.717) is 31.9 Å². The summed E-state index contributed by atoms with van der Waals surface area (Å²) in [4.78, 5) is 23.3. The number of piperazine rings is 1. The number of fused-ring (bicyclic) bond motifs is 1. The standard InChI is InChI=1S/C18H18FN5O/c19-14-3-1-2-4-17(14)23-7-9-24(10-8-23)18(25)22-13-5-6-15-16(11-13)21-12-20-15/h1-6,11-12H,7-10H2,(H,20,21)(H,22,25). The van der Waals surface area contributed by atoms with E-state index >= 15 is 0 Å². The van der Waals surface area contributed by atoms with E-state index in [-0.39, 0.29) is 11.8 Å². The Kier molecular flexibility index (Phi) is 3.97. The third kappa shape index (κ3) is 3.13. The van der Waals surface area contributed by atoms with Crippen molar-refractivity contribution in [3.63, 3.8) is 0 Å². The summed E-state index contributed by atoms with van der Waals surface area (Å²) in [6, 6.07) is 12.1. The molecule has 25 heavy (non-hydrogen) atoms. The maximum atomic E-state index is 13.9. The SMILES string of the molecule is O=C(Nc1ccc2nc[nH]c2c1)N1CCN(c2ccccc2F)CC1. The Morgan fingerprint density at radius 1 is 1.12 bits per heavy atom. The summed E-state index contributed by atoms with van der Waals surface area (Å²) in [6.45, 7) is 2.31. The van der Waals surface area contributed by atoms with Crippen LogP contribution in [0, 0.1) is 5.82 Å². The first-order valence-electron chi connectivity index (χ1n) is 8.19. The van der Waals surface area contributed by atoms with Crippen LogP contribution in [0.4, 0.5) is 20.6 Å². The number of amides is 2. The van der Waals surface area contributed by atoms with Crippen molar-refractivity contribution in [3.8, 4) is 0 Å². The second-order valence-corrected chi connectivity index (χ2v) is 5.99. The van der Waals surface area contributed by atoms with Gasteiger partial charge in [0, 0.05) is 31.9 Å². The minimum absolute atomic E-state index is 0.146. The zero-order valence-electron chi connectivity index (χ0n) is 13.6. The molecule has 1 fully saturated rings. The third-order valence-electron chi connectivity index (χ3n) is 4.43. The van der Waals surface area contributed by atoms with Crippen LogP contribution in [0.25, 0.3) is 11.0 Å². The van der Waals surface area contributed by atoms with Gasteiger partial charge in [0.05, 0.1) is 23.0 Å². The molecule has 0 aliphatic carbocycles.